The summed E-state index contributed by atoms with van der Waals surface area (Å²) in [6, 6.07) is 7.37. The van der Waals surface area contributed by atoms with Crippen LogP contribution in [0.4, 0.5) is 0 Å². The van der Waals surface area contributed by atoms with E-state index in [4.69, 9.17) is 9.84 Å². The first-order valence-electron chi connectivity index (χ1n) is 5.29. The Labute approximate surface area is 113 Å². The van der Waals surface area contributed by atoms with Gasteiger partial charge in [0, 0.05) is 11.6 Å². The smallest absolute Gasteiger partial charge is 0.334 e. The number of methoxy groups -OCH3 is 1. The Morgan fingerprint density at radius 2 is 2.22 bits per heavy atom. The van der Waals surface area contributed by atoms with Gasteiger partial charge >= 0.3 is 5.97 Å². The lowest BCUT2D eigenvalue weighted by atomic mass is 10.1. The average molecular weight is 316 g/mol. The topological polar surface area (TPSA) is 75.6 Å². The zero-order chi connectivity index (χ0) is 13.5. The summed E-state index contributed by atoms with van der Waals surface area (Å²) in [6.07, 6.45) is -0.813. The molecule has 0 aliphatic carbocycles. The monoisotopic (exact) mass is 315 g/mol. The molecular weight excluding hydrogens is 302 g/mol. The van der Waals surface area contributed by atoms with E-state index in [2.05, 4.69) is 21.2 Å². The first kappa shape index (κ1) is 14.7. The van der Waals surface area contributed by atoms with Crippen LogP contribution in [0.15, 0.2) is 28.7 Å². The summed E-state index contributed by atoms with van der Waals surface area (Å²) >= 11 is 3.32. The summed E-state index contributed by atoms with van der Waals surface area (Å²) in [7, 11) is 1.29. The maximum Gasteiger partial charge on any atom is 0.334 e. The van der Waals surface area contributed by atoms with Crippen LogP contribution >= 0.6 is 15.9 Å². The van der Waals surface area contributed by atoms with Gasteiger partial charge in [0.05, 0.1) is 13.0 Å². The van der Waals surface area contributed by atoms with Gasteiger partial charge in [-0.3, -0.25) is 4.79 Å². The molecule has 0 radical (unpaired) electrons. The molecule has 0 saturated heterocycles. The molecule has 1 unspecified atom stereocenters. The molecule has 1 rings (SSSR count). The van der Waals surface area contributed by atoms with E-state index in [1.165, 1.54) is 7.11 Å². The van der Waals surface area contributed by atoms with Crippen molar-refractivity contribution in [1.29, 1.82) is 0 Å². The summed E-state index contributed by atoms with van der Waals surface area (Å²) in [5.74, 6) is -1.34. The Morgan fingerprint density at radius 1 is 1.50 bits per heavy atom. The van der Waals surface area contributed by atoms with Crippen molar-refractivity contribution < 1.29 is 19.4 Å². The number of hydrogen-bond donors (Lipinski definition) is 2. The fraction of sp³-hybridized carbons (Fsp3) is 0.333. The van der Waals surface area contributed by atoms with Gasteiger partial charge in [-0.2, -0.15) is 0 Å². The van der Waals surface area contributed by atoms with Gasteiger partial charge in [0.2, 0.25) is 5.91 Å². The molecule has 2 N–H and O–H groups in total. The van der Waals surface area contributed by atoms with Gasteiger partial charge in [-0.05, 0) is 17.7 Å². The minimum Gasteiger partial charge on any atom is -0.479 e. The first-order chi connectivity index (χ1) is 8.52. The van der Waals surface area contributed by atoms with Crippen LogP contribution in [-0.4, -0.2) is 36.7 Å². The van der Waals surface area contributed by atoms with E-state index in [1.807, 2.05) is 24.3 Å². The van der Waals surface area contributed by atoms with Gasteiger partial charge < -0.3 is 15.2 Å². The van der Waals surface area contributed by atoms with Crippen LogP contribution in [0.5, 0.6) is 0 Å². The van der Waals surface area contributed by atoms with E-state index in [0.717, 1.165) is 10.0 Å². The number of ether oxygens (including phenoxy) is 1. The van der Waals surface area contributed by atoms with E-state index in [0.29, 0.717) is 0 Å². The van der Waals surface area contributed by atoms with Crippen molar-refractivity contribution in [3.63, 3.8) is 0 Å². The van der Waals surface area contributed by atoms with E-state index in [-0.39, 0.29) is 18.9 Å². The predicted octanol–water partition coefficient (Wildman–Crippen LogP) is 1.21. The van der Waals surface area contributed by atoms with Crippen LogP contribution in [0.25, 0.3) is 0 Å². The summed E-state index contributed by atoms with van der Waals surface area (Å²) in [6.45, 7) is -0.0430. The minimum absolute atomic E-state index is 0.0430. The molecule has 1 aromatic rings. The molecule has 1 atom stereocenters. The fourth-order valence-corrected chi connectivity index (χ4v) is 1.82. The number of amides is 1. The van der Waals surface area contributed by atoms with Crippen molar-refractivity contribution in [1.82, 2.24) is 5.32 Å². The lowest BCUT2D eigenvalue weighted by Crippen LogP contribution is -2.38. The Hall–Kier alpha value is -1.40. The molecule has 0 saturated carbocycles. The molecular formula is C12H14BrNO4. The van der Waals surface area contributed by atoms with Crippen LogP contribution in [0.2, 0.25) is 0 Å². The number of hydrogen-bond acceptors (Lipinski definition) is 3. The average Bonchev–Trinajstić information content (AvgIpc) is 2.29. The van der Waals surface area contributed by atoms with Gasteiger partial charge in [0.15, 0.2) is 6.10 Å². The Bertz CT molecular complexity index is 436. The van der Waals surface area contributed by atoms with Crippen LogP contribution in [0.3, 0.4) is 0 Å². The number of carbonyl (C=O) groups is 2. The number of aliphatic carboxylic acids is 1. The Kier molecular flexibility index (Phi) is 5.80. The minimum atomic E-state index is -1.10. The SMILES string of the molecule is COC(CNC(=O)Cc1cccc(Br)c1)C(=O)O. The number of carboxylic acid groups (broad SMARTS) is 1. The molecule has 1 amide bonds. The second kappa shape index (κ2) is 7.13. The zero-order valence-electron chi connectivity index (χ0n) is 9.85. The molecule has 5 nitrogen and oxygen atoms in total. The number of benzene rings is 1. The van der Waals surface area contributed by atoms with Gasteiger partial charge in [-0.15, -0.1) is 0 Å². The first-order valence-corrected chi connectivity index (χ1v) is 6.09. The molecule has 0 spiro atoms. The highest BCUT2D eigenvalue weighted by atomic mass is 79.9. The molecule has 18 heavy (non-hydrogen) atoms. The highest BCUT2D eigenvalue weighted by Gasteiger charge is 2.17. The van der Waals surface area contributed by atoms with Crippen molar-refractivity contribution in [3.8, 4) is 0 Å². The normalized spacial score (nSPS) is 11.9. The molecule has 0 aliphatic rings. The number of nitrogens with one attached hydrogen (secondary N) is 1. The van der Waals surface area contributed by atoms with Crippen molar-refractivity contribution in [2.75, 3.05) is 13.7 Å². The van der Waals surface area contributed by atoms with Crippen LogP contribution in [0, 0.1) is 0 Å². The fourth-order valence-electron chi connectivity index (χ4n) is 1.37. The summed E-state index contributed by atoms with van der Waals surface area (Å²) in [5.41, 5.74) is 0.853. The lowest BCUT2D eigenvalue weighted by Gasteiger charge is -2.11. The van der Waals surface area contributed by atoms with Crippen molar-refractivity contribution >= 4 is 27.8 Å². The highest BCUT2D eigenvalue weighted by molar-refractivity contribution is 9.10. The lowest BCUT2D eigenvalue weighted by molar-refractivity contribution is -0.148. The third-order valence-corrected chi connectivity index (χ3v) is 2.79. The second-order valence-electron chi connectivity index (χ2n) is 3.67. The molecule has 0 bridgehead atoms. The number of rotatable bonds is 6. The van der Waals surface area contributed by atoms with Gasteiger partial charge in [0.25, 0.3) is 0 Å². The molecule has 98 valence electrons. The second-order valence-corrected chi connectivity index (χ2v) is 4.59. The van der Waals surface area contributed by atoms with Crippen molar-refractivity contribution in [2.45, 2.75) is 12.5 Å². The van der Waals surface area contributed by atoms with Gasteiger partial charge in [0.1, 0.15) is 0 Å². The van der Waals surface area contributed by atoms with Gasteiger partial charge in [-0.25, -0.2) is 4.79 Å². The van der Waals surface area contributed by atoms with E-state index in [9.17, 15) is 9.59 Å². The summed E-state index contributed by atoms with van der Waals surface area (Å²) in [4.78, 5) is 22.3. The van der Waals surface area contributed by atoms with E-state index >= 15 is 0 Å². The maximum absolute atomic E-state index is 11.6. The molecule has 0 aliphatic heterocycles. The summed E-state index contributed by atoms with van der Waals surface area (Å²) in [5, 5.41) is 11.3. The molecule has 0 heterocycles. The number of halogens is 1. The van der Waals surface area contributed by atoms with Crippen LogP contribution in [-0.2, 0) is 20.7 Å². The largest absolute Gasteiger partial charge is 0.479 e. The molecule has 0 fully saturated rings. The van der Waals surface area contributed by atoms with Crippen LogP contribution in [0.1, 0.15) is 5.56 Å². The quantitative estimate of drug-likeness (QED) is 0.827. The zero-order valence-corrected chi connectivity index (χ0v) is 11.4. The highest BCUT2D eigenvalue weighted by Crippen LogP contribution is 2.11. The Balaban J connectivity index is 2.45. The van der Waals surface area contributed by atoms with Gasteiger partial charge in [-0.1, -0.05) is 28.1 Å². The maximum atomic E-state index is 11.6. The third kappa shape index (κ3) is 4.85. The van der Waals surface area contributed by atoms with Crippen molar-refractivity contribution in [2.24, 2.45) is 0 Å². The molecule has 6 heteroatoms. The van der Waals surface area contributed by atoms with Crippen molar-refractivity contribution in [3.05, 3.63) is 34.3 Å². The third-order valence-electron chi connectivity index (χ3n) is 2.30. The van der Waals surface area contributed by atoms with E-state index < -0.39 is 12.1 Å². The number of carboxylic acids is 1. The number of carbonyl (C=O) groups excluding carboxylic acids is 1. The van der Waals surface area contributed by atoms with Crippen LogP contribution < -0.4 is 5.32 Å². The molecule has 0 aromatic heterocycles. The Morgan fingerprint density at radius 3 is 2.78 bits per heavy atom. The summed E-state index contributed by atoms with van der Waals surface area (Å²) < 4.78 is 5.61. The molecule has 1 aromatic carbocycles. The standard InChI is InChI=1S/C12H14BrNO4/c1-18-10(12(16)17)7-14-11(15)6-8-3-2-4-9(13)5-8/h2-5,10H,6-7H2,1H3,(H,14,15)(H,16,17). The predicted molar refractivity (Wildman–Crippen MR) is 69.3 cm³/mol. The van der Waals surface area contributed by atoms with E-state index in [1.54, 1.807) is 0 Å².